The van der Waals surface area contributed by atoms with Gasteiger partial charge in [-0.25, -0.2) is 0 Å². The minimum atomic E-state index is -1.55. The van der Waals surface area contributed by atoms with Crippen LogP contribution in [0.5, 0.6) is 0 Å². The molecule has 0 rings (SSSR count). The lowest BCUT2D eigenvalue weighted by Gasteiger charge is -2.34. The molecule has 0 N–H and O–H groups in total. The van der Waals surface area contributed by atoms with Gasteiger partial charge < -0.3 is 19.1 Å². The highest BCUT2D eigenvalue weighted by molar-refractivity contribution is 6.73. The molecule has 0 aliphatic rings. The fourth-order valence-electron chi connectivity index (χ4n) is 2.95. The lowest BCUT2D eigenvalue weighted by molar-refractivity contribution is 0.240. The van der Waals surface area contributed by atoms with Crippen LogP contribution in [0.25, 0.3) is 0 Å². The van der Waals surface area contributed by atoms with E-state index in [2.05, 4.69) is 56.5 Å². The Labute approximate surface area is 147 Å². The molecular weight excluding hydrogens is 302 g/mol. The van der Waals surface area contributed by atoms with Gasteiger partial charge in [-0.1, -0.05) is 27.7 Å². The van der Waals surface area contributed by atoms with Crippen molar-refractivity contribution >= 4 is 8.32 Å². The Bertz CT molecular complexity index is 251. The van der Waals surface area contributed by atoms with Gasteiger partial charge in [0.15, 0.2) is 0 Å². The van der Waals surface area contributed by atoms with E-state index in [0.717, 1.165) is 13.1 Å². The highest BCUT2D eigenvalue weighted by atomic mass is 28.4. The molecule has 0 unspecified atom stereocenters. The van der Waals surface area contributed by atoms with E-state index in [1.807, 2.05) is 7.11 Å². The van der Waals surface area contributed by atoms with E-state index in [1.54, 1.807) is 0 Å². The van der Waals surface area contributed by atoms with E-state index in [0.29, 0.717) is 0 Å². The summed E-state index contributed by atoms with van der Waals surface area (Å²) in [7, 11) is 4.82. The molecule has 4 nitrogen and oxygen atoms in total. The zero-order valence-corrected chi connectivity index (χ0v) is 18.0. The van der Waals surface area contributed by atoms with Gasteiger partial charge in [-0.05, 0) is 78.3 Å². The summed E-state index contributed by atoms with van der Waals surface area (Å²) < 4.78 is 6.04. The van der Waals surface area contributed by atoms with E-state index in [1.165, 1.54) is 57.3 Å². The van der Waals surface area contributed by atoms with Crippen LogP contribution < -0.4 is 0 Å². The maximum Gasteiger partial charge on any atom is 0.205 e. The molecule has 0 aliphatic heterocycles. The zero-order chi connectivity index (χ0) is 17.7. The zero-order valence-electron chi connectivity index (χ0n) is 17.0. The number of nitrogens with zero attached hydrogens (tertiary/aromatic N) is 3. The lowest BCUT2D eigenvalue weighted by atomic mass is 10.3. The smallest absolute Gasteiger partial charge is 0.205 e. The van der Waals surface area contributed by atoms with Crippen LogP contribution in [0.1, 0.15) is 40.5 Å². The summed E-state index contributed by atoms with van der Waals surface area (Å²) in [5, 5.41) is 0. The second-order valence-electron chi connectivity index (χ2n) is 6.87. The number of hydrogen-bond donors (Lipinski definition) is 0. The van der Waals surface area contributed by atoms with Crippen molar-refractivity contribution in [1.82, 2.24) is 14.7 Å². The highest BCUT2D eigenvalue weighted by Gasteiger charge is 2.31. The second-order valence-corrected chi connectivity index (χ2v) is 11.4. The summed E-state index contributed by atoms with van der Waals surface area (Å²) in [6.07, 6.45) is 3.72. The first-order chi connectivity index (χ1) is 11.0. The van der Waals surface area contributed by atoms with Gasteiger partial charge in [0.1, 0.15) is 0 Å². The topological polar surface area (TPSA) is 19.0 Å². The van der Waals surface area contributed by atoms with Crippen LogP contribution in [0.3, 0.4) is 0 Å². The molecule has 0 saturated heterocycles. The average Bonchev–Trinajstić information content (AvgIpc) is 2.58. The van der Waals surface area contributed by atoms with Crippen LogP contribution in [0.15, 0.2) is 0 Å². The molecule has 0 aliphatic carbocycles. The first kappa shape index (κ1) is 23.1. The van der Waals surface area contributed by atoms with Crippen LogP contribution in [-0.4, -0.2) is 89.7 Å². The molecule has 0 fully saturated rings. The average molecular weight is 346 g/mol. The van der Waals surface area contributed by atoms with Gasteiger partial charge in [-0.2, -0.15) is 0 Å². The van der Waals surface area contributed by atoms with Crippen LogP contribution in [0.4, 0.5) is 0 Å². The van der Waals surface area contributed by atoms with E-state index in [-0.39, 0.29) is 0 Å². The molecule has 23 heavy (non-hydrogen) atoms. The van der Waals surface area contributed by atoms with Crippen LogP contribution in [0.2, 0.25) is 12.1 Å². The summed E-state index contributed by atoms with van der Waals surface area (Å²) in [5.41, 5.74) is 0. The Morgan fingerprint density at radius 2 is 1.17 bits per heavy atom. The molecule has 0 spiro atoms. The molecule has 0 amide bonds. The molecule has 0 heterocycles. The largest absolute Gasteiger partial charge is 0.419 e. The number of hydrogen-bond acceptors (Lipinski definition) is 4. The molecule has 0 aromatic heterocycles. The monoisotopic (exact) mass is 345 g/mol. The van der Waals surface area contributed by atoms with Gasteiger partial charge in [0.2, 0.25) is 8.32 Å². The van der Waals surface area contributed by atoms with Crippen molar-refractivity contribution in [2.75, 3.05) is 66.6 Å². The highest BCUT2D eigenvalue weighted by Crippen LogP contribution is 2.18. The molecule has 0 radical (unpaired) electrons. The molecule has 140 valence electrons. The summed E-state index contributed by atoms with van der Waals surface area (Å²) in [6.45, 7) is 16.2. The fraction of sp³-hybridized carbons (Fsp3) is 1.00. The van der Waals surface area contributed by atoms with E-state index in [9.17, 15) is 0 Å². The minimum absolute atomic E-state index is 1.14. The quantitative estimate of drug-likeness (QED) is 0.424. The van der Waals surface area contributed by atoms with Crippen molar-refractivity contribution in [3.63, 3.8) is 0 Å². The predicted molar refractivity (Wildman–Crippen MR) is 106 cm³/mol. The van der Waals surface area contributed by atoms with Crippen LogP contribution in [-0.2, 0) is 4.43 Å². The van der Waals surface area contributed by atoms with Crippen molar-refractivity contribution in [1.29, 1.82) is 0 Å². The molecular formula is C18H43N3OSi. The van der Waals surface area contributed by atoms with Gasteiger partial charge in [0.25, 0.3) is 0 Å². The second kappa shape index (κ2) is 13.4. The Morgan fingerprint density at radius 3 is 1.48 bits per heavy atom. The van der Waals surface area contributed by atoms with Crippen molar-refractivity contribution in [2.45, 2.75) is 52.6 Å². The number of rotatable bonds is 15. The first-order valence-corrected chi connectivity index (χ1v) is 12.1. The maximum absolute atomic E-state index is 6.04. The SMILES string of the molecule is CCN(C)CCCN(CCCN(C)CC)C[Si](CC)(CC)OC. The summed E-state index contributed by atoms with van der Waals surface area (Å²) in [6, 6.07) is 2.44. The van der Waals surface area contributed by atoms with Gasteiger partial charge >= 0.3 is 0 Å². The van der Waals surface area contributed by atoms with E-state index < -0.39 is 8.32 Å². The molecule has 0 aromatic carbocycles. The standard InChI is InChI=1S/C18H43N3OSi/c1-8-19(5)14-12-16-21(17-13-15-20(6)9-2)18-23(10-3,11-4)22-7/h8-18H2,1-7H3. The van der Waals surface area contributed by atoms with Gasteiger partial charge in [-0.3, -0.25) is 0 Å². The third kappa shape index (κ3) is 9.82. The Morgan fingerprint density at radius 1 is 0.739 bits per heavy atom. The molecule has 0 saturated carbocycles. The van der Waals surface area contributed by atoms with Crippen molar-refractivity contribution in [3.05, 3.63) is 0 Å². The van der Waals surface area contributed by atoms with E-state index in [4.69, 9.17) is 4.43 Å². The summed E-state index contributed by atoms with van der Waals surface area (Å²) in [5.74, 6) is 0. The fourth-order valence-corrected chi connectivity index (χ4v) is 5.73. The molecule has 0 bridgehead atoms. The minimum Gasteiger partial charge on any atom is -0.419 e. The predicted octanol–water partition coefficient (Wildman–Crippen LogP) is 3.14. The lowest BCUT2D eigenvalue weighted by Crippen LogP contribution is -2.49. The van der Waals surface area contributed by atoms with Gasteiger partial charge in [-0.15, -0.1) is 0 Å². The third-order valence-electron chi connectivity index (χ3n) is 5.34. The first-order valence-electron chi connectivity index (χ1n) is 9.61. The van der Waals surface area contributed by atoms with Gasteiger partial charge in [0.05, 0.1) is 0 Å². The Balaban J connectivity index is 4.52. The van der Waals surface area contributed by atoms with Crippen molar-refractivity contribution < 1.29 is 4.43 Å². The van der Waals surface area contributed by atoms with Crippen molar-refractivity contribution in [3.8, 4) is 0 Å². The van der Waals surface area contributed by atoms with Crippen molar-refractivity contribution in [2.24, 2.45) is 0 Å². The molecule has 0 aromatic rings. The van der Waals surface area contributed by atoms with Crippen LogP contribution >= 0.6 is 0 Å². The van der Waals surface area contributed by atoms with Gasteiger partial charge in [0, 0.05) is 13.3 Å². The molecule has 0 atom stereocenters. The normalized spacial score (nSPS) is 12.8. The van der Waals surface area contributed by atoms with Crippen LogP contribution in [0, 0.1) is 0 Å². The summed E-state index contributed by atoms with van der Waals surface area (Å²) in [4.78, 5) is 7.50. The molecule has 5 heteroatoms. The summed E-state index contributed by atoms with van der Waals surface area (Å²) >= 11 is 0. The van der Waals surface area contributed by atoms with E-state index >= 15 is 0 Å². The maximum atomic E-state index is 6.04. The Kier molecular flexibility index (Phi) is 13.4. The third-order valence-corrected chi connectivity index (χ3v) is 9.81. The Hall–Kier alpha value is 0.0569.